The molecule has 5 heteroatoms. The van der Waals surface area contributed by atoms with Crippen molar-refractivity contribution in [1.29, 1.82) is 0 Å². The van der Waals surface area contributed by atoms with Crippen molar-refractivity contribution in [2.45, 2.75) is 76.7 Å². The summed E-state index contributed by atoms with van der Waals surface area (Å²) in [6.45, 7) is 6.36. The van der Waals surface area contributed by atoms with Gasteiger partial charge in [-0.3, -0.25) is 4.79 Å². The number of carboxylic acid groups (broad SMARTS) is 1. The molecule has 0 aromatic carbocycles. The van der Waals surface area contributed by atoms with Crippen LogP contribution in [0.25, 0.3) is 0 Å². The molecule has 0 radical (unpaired) electrons. The van der Waals surface area contributed by atoms with Gasteiger partial charge < -0.3 is 20.3 Å². The molecule has 1 fully saturated rings. The minimum atomic E-state index is -1.12. The van der Waals surface area contributed by atoms with Crippen molar-refractivity contribution >= 4 is 5.97 Å². The summed E-state index contributed by atoms with van der Waals surface area (Å²) in [4.78, 5) is 10.8. The Bertz CT molecular complexity index is 283. The van der Waals surface area contributed by atoms with E-state index in [1.54, 1.807) is 6.92 Å². The van der Waals surface area contributed by atoms with Crippen LogP contribution in [0.2, 0.25) is 0 Å². The standard InChI is InChI=1S/C14H27NO4/c1-10-8-12(9-11(2)19-10)18-7-5-4-6-14(3,15)13(16)17/h10-12H,4-9,15H2,1-3H3,(H,16,17). The average molecular weight is 273 g/mol. The maximum atomic E-state index is 10.8. The van der Waals surface area contributed by atoms with E-state index in [9.17, 15) is 4.79 Å². The van der Waals surface area contributed by atoms with Gasteiger partial charge in [0.15, 0.2) is 0 Å². The molecule has 3 atom stereocenters. The first kappa shape index (κ1) is 16.4. The van der Waals surface area contributed by atoms with Gasteiger partial charge in [-0.2, -0.15) is 0 Å². The fourth-order valence-corrected chi connectivity index (χ4v) is 2.43. The Labute approximate surface area is 115 Å². The lowest BCUT2D eigenvalue weighted by atomic mass is 9.96. The molecule has 3 unspecified atom stereocenters. The molecule has 0 saturated carbocycles. The number of carboxylic acids is 1. The second-order valence-corrected chi connectivity index (χ2v) is 5.90. The number of nitrogens with two attached hydrogens (primary N) is 1. The summed E-state index contributed by atoms with van der Waals surface area (Å²) in [5, 5.41) is 8.89. The molecule has 1 heterocycles. The number of hydrogen-bond acceptors (Lipinski definition) is 4. The van der Waals surface area contributed by atoms with Crippen LogP contribution in [0.1, 0.15) is 52.9 Å². The highest BCUT2D eigenvalue weighted by Crippen LogP contribution is 2.22. The minimum absolute atomic E-state index is 0.257. The summed E-state index contributed by atoms with van der Waals surface area (Å²) in [5.41, 5.74) is 4.54. The molecule has 0 aliphatic carbocycles. The highest BCUT2D eigenvalue weighted by Gasteiger charge is 2.27. The first-order valence-corrected chi connectivity index (χ1v) is 7.10. The van der Waals surface area contributed by atoms with Crippen LogP contribution < -0.4 is 5.73 Å². The van der Waals surface area contributed by atoms with E-state index in [1.165, 1.54) is 0 Å². The predicted molar refractivity (Wildman–Crippen MR) is 73.1 cm³/mol. The zero-order valence-electron chi connectivity index (χ0n) is 12.2. The Balaban J connectivity index is 2.12. The van der Waals surface area contributed by atoms with Gasteiger partial charge in [-0.05, 0) is 52.9 Å². The van der Waals surface area contributed by atoms with Crippen molar-refractivity contribution in [2.75, 3.05) is 6.61 Å². The fraction of sp³-hybridized carbons (Fsp3) is 0.929. The molecule has 1 aliphatic heterocycles. The van der Waals surface area contributed by atoms with Gasteiger partial charge in [0.25, 0.3) is 0 Å². The lowest BCUT2D eigenvalue weighted by Crippen LogP contribution is -2.44. The third-order valence-corrected chi connectivity index (χ3v) is 3.59. The lowest BCUT2D eigenvalue weighted by molar-refractivity contribution is -0.143. The van der Waals surface area contributed by atoms with Crippen LogP contribution in [-0.4, -0.2) is 41.5 Å². The Kier molecular flexibility index (Phi) is 6.23. The van der Waals surface area contributed by atoms with E-state index in [-0.39, 0.29) is 18.3 Å². The molecule has 0 spiro atoms. The number of rotatable bonds is 7. The SMILES string of the molecule is CC1CC(OCCCCC(C)(N)C(=O)O)CC(C)O1. The summed E-state index contributed by atoms with van der Waals surface area (Å²) in [7, 11) is 0. The first-order valence-electron chi connectivity index (χ1n) is 7.10. The van der Waals surface area contributed by atoms with E-state index in [1.807, 2.05) is 0 Å². The van der Waals surface area contributed by atoms with Crippen LogP contribution in [0.15, 0.2) is 0 Å². The van der Waals surface area contributed by atoms with E-state index in [4.69, 9.17) is 20.3 Å². The molecule has 0 amide bonds. The van der Waals surface area contributed by atoms with Crippen LogP contribution >= 0.6 is 0 Å². The molecule has 0 bridgehead atoms. The average Bonchev–Trinajstić information content (AvgIpc) is 2.26. The molecule has 0 aromatic rings. The molecule has 3 N–H and O–H groups in total. The largest absolute Gasteiger partial charge is 0.480 e. The second kappa shape index (κ2) is 7.22. The highest BCUT2D eigenvalue weighted by molar-refractivity contribution is 5.77. The van der Waals surface area contributed by atoms with E-state index in [0.29, 0.717) is 13.0 Å². The number of ether oxygens (including phenoxy) is 2. The minimum Gasteiger partial charge on any atom is -0.480 e. The number of hydrogen-bond donors (Lipinski definition) is 2. The van der Waals surface area contributed by atoms with Crippen LogP contribution in [0.5, 0.6) is 0 Å². The number of aliphatic carboxylic acids is 1. The predicted octanol–water partition coefficient (Wildman–Crippen LogP) is 1.93. The van der Waals surface area contributed by atoms with Gasteiger partial charge in [0, 0.05) is 6.61 Å². The molecule has 0 aromatic heterocycles. The zero-order chi connectivity index (χ0) is 14.5. The molecular weight excluding hydrogens is 246 g/mol. The van der Waals surface area contributed by atoms with E-state index in [0.717, 1.165) is 25.7 Å². The van der Waals surface area contributed by atoms with Crippen LogP contribution in [0, 0.1) is 0 Å². The molecule has 19 heavy (non-hydrogen) atoms. The van der Waals surface area contributed by atoms with E-state index in [2.05, 4.69) is 13.8 Å². The summed E-state index contributed by atoms with van der Waals surface area (Å²) in [6.07, 6.45) is 4.76. The summed E-state index contributed by atoms with van der Waals surface area (Å²) >= 11 is 0. The number of carbonyl (C=O) groups is 1. The van der Waals surface area contributed by atoms with Crippen LogP contribution in [0.4, 0.5) is 0 Å². The molecule has 5 nitrogen and oxygen atoms in total. The third-order valence-electron chi connectivity index (χ3n) is 3.59. The fourth-order valence-electron chi connectivity index (χ4n) is 2.43. The molecule has 1 saturated heterocycles. The summed E-state index contributed by atoms with van der Waals surface area (Å²) in [5.74, 6) is -0.944. The van der Waals surface area contributed by atoms with Crippen molar-refractivity contribution in [2.24, 2.45) is 5.73 Å². The quantitative estimate of drug-likeness (QED) is 0.693. The normalized spacial score (nSPS) is 30.8. The number of unbranched alkanes of at least 4 members (excludes halogenated alkanes) is 1. The lowest BCUT2D eigenvalue weighted by Gasteiger charge is -2.32. The Morgan fingerprint density at radius 1 is 1.37 bits per heavy atom. The van der Waals surface area contributed by atoms with Crippen molar-refractivity contribution in [3.05, 3.63) is 0 Å². The van der Waals surface area contributed by atoms with Gasteiger partial charge in [0.1, 0.15) is 5.54 Å². The summed E-state index contributed by atoms with van der Waals surface area (Å²) < 4.78 is 11.5. The van der Waals surface area contributed by atoms with Gasteiger partial charge in [0.05, 0.1) is 18.3 Å². The van der Waals surface area contributed by atoms with Gasteiger partial charge in [-0.25, -0.2) is 0 Å². The first-order chi connectivity index (χ1) is 8.81. The van der Waals surface area contributed by atoms with Crippen LogP contribution in [-0.2, 0) is 14.3 Å². The highest BCUT2D eigenvalue weighted by atomic mass is 16.5. The van der Waals surface area contributed by atoms with Crippen molar-refractivity contribution in [3.8, 4) is 0 Å². The van der Waals surface area contributed by atoms with Crippen LogP contribution in [0.3, 0.4) is 0 Å². The third kappa shape index (κ3) is 5.89. The summed E-state index contributed by atoms with van der Waals surface area (Å²) in [6, 6.07) is 0. The smallest absolute Gasteiger partial charge is 0.323 e. The Morgan fingerprint density at radius 3 is 2.47 bits per heavy atom. The Hall–Kier alpha value is -0.650. The molecule has 112 valence electrons. The van der Waals surface area contributed by atoms with Gasteiger partial charge in [-0.15, -0.1) is 0 Å². The van der Waals surface area contributed by atoms with Gasteiger partial charge in [-0.1, -0.05) is 0 Å². The van der Waals surface area contributed by atoms with Crippen molar-refractivity contribution in [1.82, 2.24) is 0 Å². The van der Waals surface area contributed by atoms with Crippen molar-refractivity contribution < 1.29 is 19.4 Å². The maximum Gasteiger partial charge on any atom is 0.323 e. The van der Waals surface area contributed by atoms with E-state index < -0.39 is 11.5 Å². The zero-order valence-corrected chi connectivity index (χ0v) is 12.2. The molecular formula is C14H27NO4. The molecule has 1 rings (SSSR count). The van der Waals surface area contributed by atoms with Crippen molar-refractivity contribution in [3.63, 3.8) is 0 Å². The van der Waals surface area contributed by atoms with Gasteiger partial charge in [0.2, 0.25) is 0 Å². The topological polar surface area (TPSA) is 81.8 Å². The maximum absolute atomic E-state index is 10.8. The monoisotopic (exact) mass is 273 g/mol. The second-order valence-electron chi connectivity index (χ2n) is 5.90. The Morgan fingerprint density at radius 2 is 1.95 bits per heavy atom. The van der Waals surface area contributed by atoms with E-state index >= 15 is 0 Å². The molecule has 1 aliphatic rings. The van der Waals surface area contributed by atoms with Gasteiger partial charge >= 0.3 is 5.97 Å².